The summed E-state index contributed by atoms with van der Waals surface area (Å²) < 4.78 is 50.2. The first-order chi connectivity index (χ1) is 11.9. The van der Waals surface area contributed by atoms with Crippen LogP contribution in [-0.2, 0) is 6.18 Å². The number of hydrogen-bond acceptors (Lipinski definition) is 6. The molecule has 2 aromatic heterocycles. The summed E-state index contributed by atoms with van der Waals surface area (Å²) in [6.45, 7) is 1.89. The molecule has 0 saturated carbocycles. The minimum atomic E-state index is -4.67. The second-order valence-corrected chi connectivity index (χ2v) is 6.10. The molecule has 0 aliphatic carbocycles. The zero-order valence-corrected chi connectivity index (χ0v) is 14.0. The second-order valence-electron chi connectivity index (χ2n) is 5.03. The molecule has 0 spiro atoms. The highest BCUT2D eigenvalue weighted by atomic mass is 32.2. The molecule has 130 valence electrons. The molecule has 3 aromatic rings. The Morgan fingerprint density at radius 1 is 1.08 bits per heavy atom. The number of alkyl halides is 3. The van der Waals surface area contributed by atoms with Crippen LogP contribution in [0.3, 0.4) is 0 Å². The molecular weight excluding hydrogens is 355 g/mol. The van der Waals surface area contributed by atoms with Crippen molar-refractivity contribution in [1.82, 2.24) is 15.1 Å². The van der Waals surface area contributed by atoms with E-state index in [4.69, 9.17) is 9.26 Å². The van der Waals surface area contributed by atoms with Gasteiger partial charge in [0.2, 0.25) is 5.88 Å². The Kier molecular flexibility index (Phi) is 4.67. The zero-order chi connectivity index (χ0) is 18.0. The highest BCUT2D eigenvalue weighted by Crippen LogP contribution is 2.43. The van der Waals surface area contributed by atoms with Crippen LogP contribution in [0.25, 0.3) is 11.5 Å². The molecular formula is C16H12F3N3O2S. The molecule has 0 aliphatic rings. The van der Waals surface area contributed by atoms with Gasteiger partial charge < -0.3 is 9.26 Å². The predicted octanol–water partition coefficient (Wildman–Crippen LogP) is 4.62. The lowest BCUT2D eigenvalue weighted by Crippen LogP contribution is -2.13. The van der Waals surface area contributed by atoms with E-state index in [1.54, 1.807) is 12.1 Å². The summed E-state index contributed by atoms with van der Waals surface area (Å²) >= 11 is 0.881. The first-order valence-electron chi connectivity index (χ1n) is 7.07. The van der Waals surface area contributed by atoms with Crippen molar-refractivity contribution in [3.8, 4) is 17.4 Å². The highest BCUT2D eigenvalue weighted by Gasteiger charge is 2.40. The van der Waals surface area contributed by atoms with Crippen LogP contribution < -0.4 is 4.74 Å². The lowest BCUT2D eigenvalue weighted by Gasteiger charge is -2.15. The van der Waals surface area contributed by atoms with Crippen molar-refractivity contribution < 1.29 is 22.4 Å². The molecule has 0 fully saturated rings. The molecule has 5 nitrogen and oxygen atoms in total. The number of benzene rings is 1. The van der Waals surface area contributed by atoms with Crippen molar-refractivity contribution >= 4 is 11.8 Å². The molecule has 0 bridgehead atoms. The molecule has 0 saturated heterocycles. The molecule has 0 radical (unpaired) electrons. The monoisotopic (exact) mass is 367 g/mol. The zero-order valence-electron chi connectivity index (χ0n) is 13.2. The van der Waals surface area contributed by atoms with E-state index in [2.05, 4.69) is 15.1 Å². The molecule has 0 atom stereocenters. The summed E-state index contributed by atoms with van der Waals surface area (Å²) in [5.41, 5.74) is 0.203. The Balaban J connectivity index is 2.15. The smallest absolute Gasteiger partial charge is 0.424 e. The largest absolute Gasteiger partial charge is 0.480 e. The van der Waals surface area contributed by atoms with E-state index < -0.39 is 17.6 Å². The first-order valence-corrected chi connectivity index (χ1v) is 7.88. The van der Waals surface area contributed by atoms with Crippen molar-refractivity contribution in [3.05, 3.63) is 47.7 Å². The van der Waals surface area contributed by atoms with Crippen LogP contribution in [-0.4, -0.2) is 22.2 Å². The van der Waals surface area contributed by atoms with Gasteiger partial charge in [0.25, 0.3) is 0 Å². The molecule has 25 heavy (non-hydrogen) atoms. The fourth-order valence-corrected chi connectivity index (χ4v) is 2.98. The topological polar surface area (TPSA) is 61.0 Å². The average molecular weight is 367 g/mol. The maximum absolute atomic E-state index is 13.5. The number of hydrogen-bond donors (Lipinski definition) is 0. The Morgan fingerprint density at radius 2 is 1.80 bits per heavy atom. The van der Waals surface area contributed by atoms with Crippen LogP contribution in [0, 0.1) is 6.92 Å². The van der Waals surface area contributed by atoms with Gasteiger partial charge in [0.05, 0.1) is 7.11 Å². The van der Waals surface area contributed by atoms with E-state index in [1.807, 2.05) is 19.1 Å². The van der Waals surface area contributed by atoms with Crippen LogP contribution in [0.15, 0.2) is 51.0 Å². The van der Waals surface area contributed by atoms with Gasteiger partial charge in [0.1, 0.15) is 11.3 Å². The molecule has 2 heterocycles. The van der Waals surface area contributed by atoms with E-state index in [0.29, 0.717) is 4.90 Å². The summed E-state index contributed by atoms with van der Waals surface area (Å²) in [6, 6.07) is 8.54. The third-order valence-electron chi connectivity index (χ3n) is 3.22. The van der Waals surface area contributed by atoms with Gasteiger partial charge in [0, 0.05) is 11.0 Å². The van der Waals surface area contributed by atoms with Gasteiger partial charge in [-0.25, -0.2) is 4.98 Å². The fraction of sp³-hybridized carbons (Fsp3) is 0.188. The summed E-state index contributed by atoms with van der Waals surface area (Å²) in [6.07, 6.45) is -3.38. The van der Waals surface area contributed by atoms with E-state index in [0.717, 1.165) is 24.4 Å². The summed E-state index contributed by atoms with van der Waals surface area (Å²) in [5, 5.41) is 3.40. The van der Waals surface area contributed by atoms with Gasteiger partial charge in [-0.1, -0.05) is 34.6 Å². The minimum Gasteiger partial charge on any atom is -0.480 e. The Morgan fingerprint density at radius 3 is 2.36 bits per heavy atom. The van der Waals surface area contributed by atoms with Gasteiger partial charge in [-0.05, 0) is 19.1 Å². The normalized spacial score (nSPS) is 11.6. The van der Waals surface area contributed by atoms with Gasteiger partial charge in [-0.2, -0.15) is 18.2 Å². The number of ether oxygens (including phenoxy) is 1. The molecule has 0 unspecified atom stereocenters. The third kappa shape index (κ3) is 3.76. The lowest BCUT2D eigenvalue weighted by atomic mass is 10.2. The van der Waals surface area contributed by atoms with E-state index in [9.17, 15) is 13.2 Å². The Bertz CT molecular complexity index is 866. The maximum atomic E-state index is 13.5. The van der Waals surface area contributed by atoms with Crippen molar-refractivity contribution in [1.29, 1.82) is 0 Å². The number of aromatic nitrogens is 3. The van der Waals surface area contributed by atoms with Crippen LogP contribution in [0.1, 0.15) is 11.1 Å². The standard InChI is InChI=1S/C16H12F3N3O2S/c1-9-3-5-10(6-4-9)25-15-12(16(17,18)19)14(23-2)20-13(21-15)11-7-8-24-22-11/h3-8H,1-2H3. The molecule has 9 heteroatoms. The van der Waals surface area contributed by atoms with E-state index >= 15 is 0 Å². The Labute approximate surface area is 145 Å². The average Bonchev–Trinajstić information content (AvgIpc) is 3.09. The van der Waals surface area contributed by atoms with Crippen molar-refractivity contribution in [2.24, 2.45) is 0 Å². The SMILES string of the molecule is COc1nc(-c2ccon2)nc(Sc2ccc(C)cc2)c1C(F)(F)F. The van der Waals surface area contributed by atoms with E-state index in [-0.39, 0.29) is 16.5 Å². The second kappa shape index (κ2) is 6.75. The van der Waals surface area contributed by atoms with E-state index in [1.165, 1.54) is 12.3 Å². The third-order valence-corrected chi connectivity index (χ3v) is 4.22. The molecule has 3 rings (SSSR count). The minimum absolute atomic E-state index is 0.00629. The van der Waals surface area contributed by atoms with Crippen LogP contribution in [0.4, 0.5) is 13.2 Å². The summed E-state index contributed by atoms with van der Waals surface area (Å²) in [7, 11) is 1.13. The van der Waals surface area contributed by atoms with Gasteiger partial charge in [0.15, 0.2) is 17.1 Å². The quantitative estimate of drug-likeness (QED) is 0.627. The van der Waals surface area contributed by atoms with Crippen molar-refractivity contribution in [2.45, 2.75) is 23.0 Å². The lowest BCUT2D eigenvalue weighted by molar-refractivity contribution is -0.141. The first kappa shape index (κ1) is 17.3. The molecule has 0 amide bonds. The van der Waals surface area contributed by atoms with Gasteiger partial charge in [-0.3, -0.25) is 0 Å². The Hall–Kier alpha value is -2.55. The van der Waals surface area contributed by atoms with Crippen LogP contribution >= 0.6 is 11.8 Å². The number of aryl methyl sites for hydroxylation is 1. The van der Waals surface area contributed by atoms with Crippen LogP contribution in [0.2, 0.25) is 0 Å². The fourth-order valence-electron chi connectivity index (χ4n) is 2.05. The summed E-state index contributed by atoms with van der Waals surface area (Å²) in [5.74, 6) is -0.566. The number of methoxy groups -OCH3 is 1. The van der Waals surface area contributed by atoms with Crippen LogP contribution in [0.5, 0.6) is 5.88 Å². The highest BCUT2D eigenvalue weighted by molar-refractivity contribution is 7.99. The number of halogens is 3. The maximum Gasteiger partial charge on any atom is 0.424 e. The van der Waals surface area contributed by atoms with Gasteiger partial charge >= 0.3 is 6.18 Å². The number of nitrogens with zero attached hydrogens (tertiary/aromatic N) is 3. The predicted molar refractivity (Wildman–Crippen MR) is 84.4 cm³/mol. The molecule has 0 aliphatic heterocycles. The molecule has 0 N–H and O–H groups in total. The van der Waals surface area contributed by atoms with Crippen molar-refractivity contribution in [2.75, 3.05) is 7.11 Å². The van der Waals surface area contributed by atoms with Crippen molar-refractivity contribution in [3.63, 3.8) is 0 Å². The molecule has 1 aromatic carbocycles. The van der Waals surface area contributed by atoms with Gasteiger partial charge in [-0.15, -0.1) is 0 Å². The number of rotatable bonds is 4. The summed E-state index contributed by atoms with van der Waals surface area (Å²) in [4.78, 5) is 8.48.